The molecule has 2 heteroatoms. The summed E-state index contributed by atoms with van der Waals surface area (Å²) >= 11 is 0. The molecule has 2 nitrogen and oxygen atoms in total. The third-order valence-corrected chi connectivity index (χ3v) is 5.63. The number of benzene rings is 4. The minimum atomic E-state index is 0.918. The molecule has 0 N–H and O–H groups in total. The van der Waals surface area contributed by atoms with E-state index < -0.39 is 0 Å². The van der Waals surface area contributed by atoms with Crippen LogP contribution in [0.2, 0.25) is 0 Å². The van der Waals surface area contributed by atoms with Gasteiger partial charge in [-0.05, 0) is 60.9 Å². The molecular weight excluding hydrogens is 344 g/mol. The van der Waals surface area contributed by atoms with E-state index in [1.807, 2.05) is 12.1 Å². The lowest BCUT2D eigenvalue weighted by Gasteiger charge is -2.05. The zero-order valence-corrected chi connectivity index (χ0v) is 15.7. The van der Waals surface area contributed by atoms with Crippen LogP contribution in [0.3, 0.4) is 0 Å². The zero-order valence-electron chi connectivity index (χ0n) is 15.7. The van der Waals surface area contributed by atoms with Crippen LogP contribution in [0.1, 0.15) is 11.1 Å². The van der Waals surface area contributed by atoms with E-state index in [1.54, 1.807) is 0 Å². The molecule has 6 rings (SSSR count). The van der Waals surface area contributed by atoms with Crippen molar-refractivity contribution in [2.24, 2.45) is 0 Å². The highest BCUT2D eigenvalue weighted by molar-refractivity contribution is 6.12. The molecule has 0 fully saturated rings. The quantitative estimate of drug-likeness (QED) is 0.299. The molecule has 0 saturated heterocycles. The van der Waals surface area contributed by atoms with E-state index in [4.69, 9.17) is 8.83 Å². The number of rotatable bonds is 1. The molecule has 28 heavy (non-hydrogen) atoms. The van der Waals surface area contributed by atoms with Gasteiger partial charge in [-0.2, -0.15) is 0 Å². The highest BCUT2D eigenvalue weighted by Crippen LogP contribution is 2.39. The van der Waals surface area contributed by atoms with Crippen molar-refractivity contribution in [1.29, 1.82) is 0 Å². The predicted molar refractivity (Wildman–Crippen MR) is 116 cm³/mol. The predicted octanol–water partition coefficient (Wildman–Crippen LogP) is 7.77. The molecule has 0 bridgehead atoms. The molecule has 2 heterocycles. The van der Waals surface area contributed by atoms with Crippen molar-refractivity contribution >= 4 is 43.9 Å². The van der Waals surface area contributed by atoms with E-state index >= 15 is 0 Å². The van der Waals surface area contributed by atoms with Gasteiger partial charge >= 0.3 is 0 Å². The van der Waals surface area contributed by atoms with Crippen molar-refractivity contribution in [3.8, 4) is 11.1 Å². The molecule has 4 aromatic carbocycles. The average Bonchev–Trinajstić information content (AvgIpc) is 3.26. The molecule has 0 unspecified atom stereocenters. The first-order valence-corrected chi connectivity index (χ1v) is 9.53. The summed E-state index contributed by atoms with van der Waals surface area (Å²) in [6, 6.07) is 25.4. The van der Waals surface area contributed by atoms with Crippen LogP contribution in [0.4, 0.5) is 0 Å². The lowest BCUT2D eigenvalue weighted by atomic mass is 9.98. The van der Waals surface area contributed by atoms with Crippen LogP contribution in [-0.4, -0.2) is 0 Å². The lowest BCUT2D eigenvalue weighted by Crippen LogP contribution is -1.82. The van der Waals surface area contributed by atoms with Gasteiger partial charge in [-0.15, -0.1) is 0 Å². The molecule has 0 spiro atoms. The fourth-order valence-electron chi connectivity index (χ4n) is 4.29. The number of para-hydroxylation sites is 2. The van der Waals surface area contributed by atoms with Gasteiger partial charge in [-0.3, -0.25) is 0 Å². The van der Waals surface area contributed by atoms with Crippen molar-refractivity contribution in [2.45, 2.75) is 13.8 Å². The number of hydrogen-bond donors (Lipinski definition) is 0. The summed E-state index contributed by atoms with van der Waals surface area (Å²) in [6.07, 6.45) is 0. The van der Waals surface area contributed by atoms with Crippen molar-refractivity contribution < 1.29 is 8.83 Å². The molecule has 0 radical (unpaired) electrons. The Morgan fingerprint density at radius 3 is 2.29 bits per heavy atom. The van der Waals surface area contributed by atoms with Gasteiger partial charge in [0, 0.05) is 27.1 Å². The topological polar surface area (TPSA) is 26.3 Å². The van der Waals surface area contributed by atoms with Crippen molar-refractivity contribution in [3.63, 3.8) is 0 Å². The van der Waals surface area contributed by atoms with Crippen LogP contribution in [-0.2, 0) is 0 Å². The Morgan fingerprint density at radius 1 is 0.571 bits per heavy atom. The maximum Gasteiger partial charge on any atom is 0.143 e. The fraction of sp³-hybridized carbons (Fsp3) is 0.0769. The Balaban J connectivity index is 1.70. The summed E-state index contributed by atoms with van der Waals surface area (Å²) in [5.74, 6) is 0. The molecule has 0 amide bonds. The zero-order chi connectivity index (χ0) is 18.8. The molecular formula is C26H18O2. The van der Waals surface area contributed by atoms with Crippen molar-refractivity contribution in [1.82, 2.24) is 0 Å². The highest BCUT2D eigenvalue weighted by atomic mass is 16.3. The SMILES string of the molecule is Cc1cc(-c2ccc3oc4c(C)cccc4c3c2)c2oc3ccccc3c2c1. The number of fused-ring (bicyclic) bond motifs is 6. The Labute approximate surface area is 162 Å². The minimum absolute atomic E-state index is 0.918. The molecule has 134 valence electrons. The third kappa shape index (κ3) is 2.09. The van der Waals surface area contributed by atoms with Gasteiger partial charge in [0.25, 0.3) is 0 Å². The van der Waals surface area contributed by atoms with Gasteiger partial charge < -0.3 is 8.83 Å². The molecule has 0 saturated carbocycles. The minimum Gasteiger partial charge on any atom is -0.456 e. The van der Waals surface area contributed by atoms with E-state index in [-0.39, 0.29) is 0 Å². The van der Waals surface area contributed by atoms with E-state index in [0.29, 0.717) is 0 Å². The van der Waals surface area contributed by atoms with E-state index in [2.05, 4.69) is 74.5 Å². The number of hydrogen-bond acceptors (Lipinski definition) is 2. The molecule has 0 aliphatic rings. The summed E-state index contributed by atoms with van der Waals surface area (Å²) in [7, 11) is 0. The van der Waals surface area contributed by atoms with Gasteiger partial charge in [-0.25, -0.2) is 0 Å². The first-order chi connectivity index (χ1) is 13.7. The van der Waals surface area contributed by atoms with Gasteiger partial charge in [0.1, 0.15) is 22.3 Å². The molecule has 6 aromatic rings. The van der Waals surface area contributed by atoms with E-state index in [0.717, 1.165) is 55.2 Å². The summed E-state index contributed by atoms with van der Waals surface area (Å²) in [5.41, 5.74) is 8.39. The Kier molecular flexibility index (Phi) is 3.05. The molecule has 0 atom stereocenters. The first kappa shape index (κ1) is 15.5. The second-order valence-corrected chi connectivity index (χ2v) is 7.55. The lowest BCUT2D eigenvalue weighted by molar-refractivity contribution is 0.665. The number of furan rings is 2. The van der Waals surface area contributed by atoms with Crippen LogP contribution in [0, 0.1) is 13.8 Å². The van der Waals surface area contributed by atoms with Crippen LogP contribution < -0.4 is 0 Å². The van der Waals surface area contributed by atoms with Gasteiger partial charge in [0.15, 0.2) is 0 Å². The third-order valence-electron chi connectivity index (χ3n) is 5.63. The van der Waals surface area contributed by atoms with E-state index in [9.17, 15) is 0 Å². The Hall–Kier alpha value is -3.52. The smallest absolute Gasteiger partial charge is 0.143 e. The molecule has 0 aliphatic carbocycles. The van der Waals surface area contributed by atoms with Crippen molar-refractivity contribution in [2.75, 3.05) is 0 Å². The monoisotopic (exact) mass is 362 g/mol. The maximum atomic E-state index is 6.27. The average molecular weight is 362 g/mol. The first-order valence-electron chi connectivity index (χ1n) is 9.53. The van der Waals surface area contributed by atoms with Crippen LogP contribution >= 0.6 is 0 Å². The van der Waals surface area contributed by atoms with Gasteiger partial charge in [-0.1, -0.05) is 42.5 Å². The van der Waals surface area contributed by atoms with Crippen LogP contribution in [0.5, 0.6) is 0 Å². The maximum absolute atomic E-state index is 6.27. The summed E-state index contributed by atoms with van der Waals surface area (Å²) < 4.78 is 12.4. The fourth-order valence-corrected chi connectivity index (χ4v) is 4.29. The largest absolute Gasteiger partial charge is 0.456 e. The van der Waals surface area contributed by atoms with Crippen molar-refractivity contribution in [3.05, 3.63) is 83.9 Å². The summed E-state index contributed by atoms with van der Waals surface area (Å²) in [5, 5.41) is 4.62. The van der Waals surface area contributed by atoms with E-state index in [1.165, 1.54) is 10.9 Å². The molecule has 0 aliphatic heterocycles. The standard InChI is InChI=1S/C26H18O2/c1-15-12-20(26-22(13-15)18-7-3-4-9-23(18)28-26)17-10-11-24-21(14-17)19-8-5-6-16(2)25(19)27-24/h3-14H,1-2H3. The molecule has 2 aromatic heterocycles. The van der Waals surface area contributed by atoms with Gasteiger partial charge in [0.05, 0.1) is 0 Å². The van der Waals surface area contributed by atoms with Crippen LogP contribution in [0.25, 0.3) is 55.0 Å². The second kappa shape index (κ2) is 5.49. The Morgan fingerprint density at radius 2 is 1.36 bits per heavy atom. The highest BCUT2D eigenvalue weighted by Gasteiger charge is 2.15. The normalized spacial score (nSPS) is 11.9. The number of aryl methyl sites for hydroxylation is 2. The second-order valence-electron chi connectivity index (χ2n) is 7.55. The summed E-state index contributed by atoms with van der Waals surface area (Å²) in [4.78, 5) is 0. The Bertz CT molecular complexity index is 1530. The van der Waals surface area contributed by atoms with Crippen LogP contribution in [0.15, 0.2) is 81.6 Å². The van der Waals surface area contributed by atoms with Gasteiger partial charge in [0.2, 0.25) is 0 Å². The summed E-state index contributed by atoms with van der Waals surface area (Å²) in [6.45, 7) is 4.23.